The molecular formula is C21H23N5O2. The third-order valence-electron chi connectivity index (χ3n) is 4.27. The number of nitrogens with two attached hydrogens (primary N) is 1. The maximum absolute atomic E-state index is 12.1. The number of nitrogens with zero attached hydrogens (tertiary/aromatic N) is 2. The lowest BCUT2D eigenvalue weighted by Gasteiger charge is -2.28. The number of aliphatic imine (C=N–C) groups is 1. The Hall–Kier alpha value is -3.48. The Balaban J connectivity index is 1.92. The van der Waals surface area contributed by atoms with Gasteiger partial charge in [-0.2, -0.15) is 5.10 Å². The van der Waals surface area contributed by atoms with Gasteiger partial charge >= 0.3 is 0 Å². The first-order chi connectivity index (χ1) is 13.2. The van der Waals surface area contributed by atoms with Crippen LogP contribution in [0, 0.1) is 0 Å². The maximum Gasteiger partial charge on any atom is 0.271 e. The number of amides is 2. The van der Waals surface area contributed by atoms with Gasteiger partial charge in [0.25, 0.3) is 5.91 Å². The van der Waals surface area contributed by atoms with Crippen molar-refractivity contribution < 1.29 is 9.59 Å². The molecule has 0 saturated heterocycles. The minimum Gasteiger partial charge on any atom is -0.364 e. The average molecular weight is 377 g/mol. The van der Waals surface area contributed by atoms with E-state index in [0.717, 1.165) is 17.5 Å². The summed E-state index contributed by atoms with van der Waals surface area (Å²) in [7, 11) is 0. The molecule has 1 heterocycles. The zero-order chi connectivity index (χ0) is 20.3. The normalized spacial score (nSPS) is 15.2. The fourth-order valence-electron chi connectivity index (χ4n) is 3.13. The molecule has 0 bridgehead atoms. The lowest BCUT2D eigenvalue weighted by atomic mass is 9.85. The van der Waals surface area contributed by atoms with Crippen LogP contribution in [0.4, 0.5) is 11.4 Å². The average Bonchev–Trinajstić information content (AvgIpc) is 2.61. The van der Waals surface area contributed by atoms with Gasteiger partial charge < -0.3 is 11.1 Å². The molecule has 28 heavy (non-hydrogen) atoms. The second kappa shape index (κ2) is 7.64. The van der Waals surface area contributed by atoms with Crippen molar-refractivity contribution in [2.75, 3.05) is 10.7 Å². The fourth-order valence-corrected chi connectivity index (χ4v) is 3.13. The SMILES string of the molecule is CC(=O)Nc1ccc(N/N=C(\C(N)=O)C2=NC(C)(C)Cc3ccccc32)cc1. The molecule has 0 spiro atoms. The molecule has 0 radical (unpaired) electrons. The fraction of sp³-hybridized carbons (Fsp3) is 0.238. The van der Waals surface area contributed by atoms with E-state index in [9.17, 15) is 9.59 Å². The molecule has 1 aliphatic heterocycles. The van der Waals surface area contributed by atoms with Crippen molar-refractivity contribution in [2.24, 2.45) is 15.8 Å². The Bertz CT molecular complexity index is 975. The lowest BCUT2D eigenvalue weighted by Crippen LogP contribution is -2.38. The van der Waals surface area contributed by atoms with Crippen LogP contribution >= 0.6 is 0 Å². The molecule has 7 heteroatoms. The zero-order valence-electron chi connectivity index (χ0n) is 16.1. The molecule has 0 aromatic heterocycles. The number of rotatable bonds is 5. The van der Waals surface area contributed by atoms with Crippen LogP contribution in [0.3, 0.4) is 0 Å². The molecule has 0 saturated carbocycles. The highest BCUT2D eigenvalue weighted by Crippen LogP contribution is 2.27. The number of hydrazone groups is 1. The summed E-state index contributed by atoms with van der Waals surface area (Å²) in [6, 6.07) is 14.8. The highest BCUT2D eigenvalue weighted by molar-refractivity contribution is 6.70. The number of carbonyl (C=O) groups excluding carboxylic acids is 2. The molecule has 3 rings (SSSR count). The van der Waals surface area contributed by atoms with Gasteiger partial charge in [0, 0.05) is 18.2 Å². The molecule has 2 amide bonds. The van der Waals surface area contributed by atoms with Crippen LogP contribution in [0.5, 0.6) is 0 Å². The Labute approximate surface area is 163 Å². The second-order valence-corrected chi connectivity index (χ2v) is 7.30. The summed E-state index contributed by atoms with van der Waals surface area (Å²) in [5, 5.41) is 6.94. The monoisotopic (exact) mass is 377 g/mol. The number of hydrogen-bond donors (Lipinski definition) is 3. The first kappa shape index (κ1) is 19.3. The van der Waals surface area contributed by atoms with Crippen LogP contribution in [0.2, 0.25) is 0 Å². The Morgan fingerprint density at radius 2 is 1.71 bits per heavy atom. The summed E-state index contributed by atoms with van der Waals surface area (Å²) < 4.78 is 0. The lowest BCUT2D eigenvalue weighted by molar-refractivity contribution is -0.114. The van der Waals surface area contributed by atoms with Gasteiger partial charge in [-0.05, 0) is 50.1 Å². The van der Waals surface area contributed by atoms with Crippen molar-refractivity contribution >= 4 is 34.6 Å². The van der Waals surface area contributed by atoms with Gasteiger partial charge in [0.05, 0.1) is 16.9 Å². The van der Waals surface area contributed by atoms with E-state index >= 15 is 0 Å². The molecule has 0 fully saturated rings. The summed E-state index contributed by atoms with van der Waals surface area (Å²) >= 11 is 0. The number of hydrogen-bond acceptors (Lipinski definition) is 5. The second-order valence-electron chi connectivity index (χ2n) is 7.30. The zero-order valence-corrected chi connectivity index (χ0v) is 16.1. The van der Waals surface area contributed by atoms with Crippen molar-refractivity contribution in [2.45, 2.75) is 32.7 Å². The van der Waals surface area contributed by atoms with E-state index in [1.54, 1.807) is 24.3 Å². The number of primary amides is 1. The van der Waals surface area contributed by atoms with Crippen LogP contribution < -0.4 is 16.5 Å². The van der Waals surface area contributed by atoms with Gasteiger partial charge in [0.2, 0.25) is 5.91 Å². The predicted octanol–water partition coefficient (Wildman–Crippen LogP) is 2.72. The molecule has 0 unspecified atom stereocenters. The summed E-state index contributed by atoms with van der Waals surface area (Å²) in [6.07, 6.45) is 0.775. The Morgan fingerprint density at radius 3 is 2.36 bits per heavy atom. The van der Waals surface area contributed by atoms with Crippen LogP contribution in [0.15, 0.2) is 58.6 Å². The largest absolute Gasteiger partial charge is 0.364 e. The van der Waals surface area contributed by atoms with Crippen molar-refractivity contribution in [3.63, 3.8) is 0 Å². The van der Waals surface area contributed by atoms with Crippen molar-refractivity contribution in [1.29, 1.82) is 0 Å². The van der Waals surface area contributed by atoms with Crippen LogP contribution in [0.25, 0.3) is 0 Å². The summed E-state index contributed by atoms with van der Waals surface area (Å²) in [5.41, 5.74) is 12.0. The molecule has 0 atom stereocenters. The Kier molecular flexibility index (Phi) is 5.26. The van der Waals surface area contributed by atoms with E-state index in [1.807, 2.05) is 38.1 Å². The molecular weight excluding hydrogens is 354 g/mol. The third kappa shape index (κ3) is 4.43. The number of anilines is 2. The third-order valence-corrected chi connectivity index (χ3v) is 4.27. The van der Waals surface area contributed by atoms with Crippen LogP contribution in [-0.4, -0.2) is 28.8 Å². The first-order valence-corrected chi connectivity index (χ1v) is 8.95. The number of benzene rings is 2. The predicted molar refractivity (Wildman–Crippen MR) is 112 cm³/mol. The molecule has 1 aliphatic rings. The summed E-state index contributed by atoms with van der Waals surface area (Å²) in [5.74, 6) is -0.806. The molecule has 0 aliphatic carbocycles. The quantitative estimate of drug-likeness (QED) is 0.550. The topological polar surface area (TPSA) is 109 Å². The van der Waals surface area contributed by atoms with Crippen LogP contribution in [0.1, 0.15) is 31.9 Å². The molecule has 2 aromatic carbocycles. The van der Waals surface area contributed by atoms with E-state index in [2.05, 4.69) is 15.8 Å². The van der Waals surface area contributed by atoms with Gasteiger partial charge in [-0.25, -0.2) is 0 Å². The molecule has 7 nitrogen and oxygen atoms in total. The van der Waals surface area contributed by atoms with Gasteiger partial charge in [-0.1, -0.05) is 24.3 Å². The standard InChI is InChI=1S/C21H23N5O2/c1-13(27)23-15-8-10-16(11-9-15)25-26-19(20(22)28)18-17-7-5-4-6-14(17)12-21(2,3)24-18/h4-11,25H,12H2,1-3H3,(H2,22,28)(H,23,27)/b26-19-. The number of carbonyl (C=O) groups is 2. The van der Waals surface area contributed by atoms with Gasteiger partial charge in [0.1, 0.15) is 0 Å². The van der Waals surface area contributed by atoms with Crippen molar-refractivity contribution in [3.8, 4) is 0 Å². The summed E-state index contributed by atoms with van der Waals surface area (Å²) in [6.45, 7) is 5.46. The maximum atomic E-state index is 12.1. The number of fused-ring (bicyclic) bond motifs is 1. The minimum absolute atomic E-state index is 0.0752. The van der Waals surface area contributed by atoms with E-state index < -0.39 is 5.91 Å². The minimum atomic E-state index is -0.659. The highest BCUT2D eigenvalue weighted by atomic mass is 16.1. The molecule has 2 aromatic rings. The van der Waals surface area contributed by atoms with Crippen LogP contribution in [-0.2, 0) is 16.0 Å². The summed E-state index contributed by atoms with van der Waals surface area (Å²) in [4.78, 5) is 28.0. The van der Waals surface area contributed by atoms with Gasteiger partial charge in [-0.3, -0.25) is 20.0 Å². The van der Waals surface area contributed by atoms with E-state index in [1.165, 1.54) is 6.92 Å². The van der Waals surface area contributed by atoms with Crippen molar-refractivity contribution in [3.05, 3.63) is 59.7 Å². The van der Waals surface area contributed by atoms with E-state index in [-0.39, 0.29) is 17.2 Å². The van der Waals surface area contributed by atoms with Crippen molar-refractivity contribution in [1.82, 2.24) is 0 Å². The van der Waals surface area contributed by atoms with E-state index in [0.29, 0.717) is 17.1 Å². The van der Waals surface area contributed by atoms with Gasteiger partial charge in [-0.15, -0.1) is 0 Å². The number of nitrogens with one attached hydrogen (secondary N) is 2. The Morgan fingerprint density at radius 1 is 1.07 bits per heavy atom. The molecule has 4 N–H and O–H groups in total. The highest BCUT2D eigenvalue weighted by Gasteiger charge is 2.30. The van der Waals surface area contributed by atoms with Gasteiger partial charge in [0.15, 0.2) is 5.71 Å². The first-order valence-electron chi connectivity index (χ1n) is 8.95. The molecule has 144 valence electrons. The smallest absolute Gasteiger partial charge is 0.271 e. The van der Waals surface area contributed by atoms with E-state index in [4.69, 9.17) is 10.7 Å².